The fourth-order valence-corrected chi connectivity index (χ4v) is 6.79. The zero-order chi connectivity index (χ0) is 25.3. The van der Waals surface area contributed by atoms with E-state index in [0.717, 1.165) is 60.9 Å². The lowest BCUT2D eigenvalue weighted by Gasteiger charge is -2.61. The first-order valence-electron chi connectivity index (χ1n) is 12.2. The summed E-state index contributed by atoms with van der Waals surface area (Å²) in [6, 6.07) is 12.9. The maximum atomic E-state index is 13.0. The van der Waals surface area contributed by atoms with Crippen molar-refractivity contribution in [2.75, 3.05) is 33.8 Å². The number of nitrogens with zero attached hydrogens (tertiary/aromatic N) is 1. The molecule has 5 nitrogen and oxygen atoms in total. The number of likely N-dealkylation sites (tertiary alicyclic amines) is 1. The maximum Gasteiger partial charge on any atom is 0.224 e. The van der Waals surface area contributed by atoms with Crippen molar-refractivity contribution in [3.63, 3.8) is 0 Å². The molecule has 1 saturated carbocycles. The quantitative estimate of drug-likeness (QED) is 0.388. The summed E-state index contributed by atoms with van der Waals surface area (Å²) < 4.78 is 7.29. The first-order chi connectivity index (χ1) is 16.6. The predicted octanol–water partition coefficient (Wildman–Crippen LogP) is 5.27. The number of rotatable bonds is 7. The number of quaternary nitrogens is 1. The molecule has 188 valence electrons. The minimum absolute atomic E-state index is 0.00663. The van der Waals surface area contributed by atoms with Crippen molar-refractivity contribution in [2.24, 2.45) is 0 Å². The molecule has 1 aliphatic carbocycles. The molecule has 2 fully saturated rings. The second kappa shape index (κ2) is 10.1. The van der Waals surface area contributed by atoms with Crippen molar-refractivity contribution in [2.45, 2.75) is 49.2 Å². The van der Waals surface area contributed by atoms with Gasteiger partial charge < -0.3 is 19.6 Å². The van der Waals surface area contributed by atoms with Crippen molar-refractivity contribution in [1.29, 1.82) is 0 Å². The van der Waals surface area contributed by atoms with Gasteiger partial charge in [-0.3, -0.25) is 4.79 Å². The van der Waals surface area contributed by atoms with Gasteiger partial charge in [0, 0.05) is 25.0 Å². The van der Waals surface area contributed by atoms with Crippen LogP contribution in [0.1, 0.15) is 36.8 Å². The molecule has 4 atom stereocenters. The summed E-state index contributed by atoms with van der Waals surface area (Å²) in [6.45, 7) is 6.68. The van der Waals surface area contributed by atoms with Gasteiger partial charge in [-0.15, -0.1) is 0 Å². The molecule has 1 amide bonds. The monoisotopic (exact) mass is 517 g/mol. The van der Waals surface area contributed by atoms with Crippen LogP contribution in [0.2, 0.25) is 10.0 Å². The van der Waals surface area contributed by atoms with Gasteiger partial charge in [-0.1, -0.05) is 48.0 Å². The van der Waals surface area contributed by atoms with Gasteiger partial charge in [0.1, 0.15) is 17.9 Å². The third kappa shape index (κ3) is 5.10. The number of halogens is 2. The zero-order valence-electron chi connectivity index (χ0n) is 20.5. The Balaban J connectivity index is 1.61. The zero-order valence-corrected chi connectivity index (χ0v) is 22.0. The number of benzene rings is 2. The molecule has 1 saturated heterocycles. The number of likely N-dealkylation sites (N-methyl/N-ethyl adjacent to an activating group) is 1. The number of carbonyl (C=O) groups is 1. The first-order valence-corrected chi connectivity index (χ1v) is 12.9. The van der Waals surface area contributed by atoms with Crippen LogP contribution in [-0.2, 0) is 21.4 Å². The Labute approximate surface area is 218 Å². The maximum absolute atomic E-state index is 13.0. The topological polar surface area (TPSA) is 58.6 Å². The largest absolute Gasteiger partial charge is 0.508 e. The Morgan fingerprint density at radius 2 is 2.06 bits per heavy atom. The smallest absolute Gasteiger partial charge is 0.224 e. The molecule has 2 aromatic carbocycles. The van der Waals surface area contributed by atoms with Gasteiger partial charge in [-0.25, -0.2) is 0 Å². The summed E-state index contributed by atoms with van der Waals surface area (Å²) >= 11 is 12.2. The van der Waals surface area contributed by atoms with Crippen LogP contribution < -0.4 is 5.32 Å². The number of amides is 1. The third-order valence-electron chi connectivity index (χ3n) is 8.15. The Hall–Kier alpha value is -2.05. The molecular formula is C28H35Cl2N2O3+. The molecule has 2 aromatic rings. The highest BCUT2D eigenvalue weighted by Crippen LogP contribution is 2.54. The standard InChI is InChI=1S/C28H34Cl2N2O3/c1-4-13-32(2)14-12-27(21-6-5-7-23(33)17-21)18-22(10-11-28(27,19-32)35-3)31-26(34)16-20-8-9-24(29)25(30)15-20/h4-9,15,17,22H,1,10-14,16,18-19H2,2-3H3,(H-,31,33,34)/p+1/t22-,27+,28?,32+/m1/s1. The van der Waals surface area contributed by atoms with Crippen LogP contribution in [0.15, 0.2) is 55.1 Å². The summed E-state index contributed by atoms with van der Waals surface area (Å²) in [5, 5.41) is 14.5. The van der Waals surface area contributed by atoms with Gasteiger partial charge in [0.05, 0.1) is 36.6 Å². The number of aromatic hydroxyl groups is 1. The molecule has 0 bridgehead atoms. The van der Waals surface area contributed by atoms with Crippen LogP contribution >= 0.6 is 23.2 Å². The number of carbonyl (C=O) groups excluding carboxylic acids is 1. The van der Waals surface area contributed by atoms with E-state index in [-0.39, 0.29) is 29.5 Å². The van der Waals surface area contributed by atoms with E-state index in [2.05, 4.69) is 25.0 Å². The van der Waals surface area contributed by atoms with Crippen LogP contribution in [0.25, 0.3) is 0 Å². The van der Waals surface area contributed by atoms with E-state index in [1.807, 2.05) is 31.4 Å². The number of phenols is 1. The average Bonchev–Trinajstić information content (AvgIpc) is 2.81. The predicted molar refractivity (Wildman–Crippen MR) is 141 cm³/mol. The molecule has 1 aliphatic heterocycles. The van der Waals surface area contributed by atoms with Crippen molar-refractivity contribution in [3.8, 4) is 5.75 Å². The molecule has 0 spiro atoms. The van der Waals surface area contributed by atoms with Crippen LogP contribution in [0.3, 0.4) is 0 Å². The van der Waals surface area contributed by atoms with E-state index in [1.165, 1.54) is 0 Å². The molecule has 0 aromatic heterocycles. The summed E-state index contributed by atoms with van der Waals surface area (Å²) in [5.74, 6) is 0.217. The van der Waals surface area contributed by atoms with E-state index in [0.29, 0.717) is 10.0 Å². The number of methoxy groups -OCH3 is 1. The molecular weight excluding hydrogens is 483 g/mol. The summed E-state index contributed by atoms with van der Waals surface area (Å²) in [6.07, 6.45) is 5.53. The van der Waals surface area contributed by atoms with Crippen LogP contribution in [-0.4, -0.2) is 60.9 Å². The second-order valence-electron chi connectivity index (χ2n) is 10.5. The fraction of sp³-hybridized carbons (Fsp3) is 0.464. The Bertz CT molecular complexity index is 1110. The number of nitrogens with one attached hydrogen (secondary N) is 1. The molecule has 0 radical (unpaired) electrons. The lowest BCUT2D eigenvalue weighted by molar-refractivity contribution is -0.918. The lowest BCUT2D eigenvalue weighted by Crippen LogP contribution is -2.72. The van der Waals surface area contributed by atoms with E-state index in [9.17, 15) is 9.90 Å². The molecule has 4 rings (SSSR count). The van der Waals surface area contributed by atoms with Gasteiger partial charge >= 0.3 is 0 Å². The summed E-state index contributed by atoms with van der Waals surface area (Å²) in [7, 11) is 4.07. The van der Waals surface area contributed by atoms with E-state index in [1.54, 1.807) is 18.2 Å². The second-order valence-corrected chi connectivity index (χ2v) is 11.3. The third-order valence-corrected chi connectivity index (χ3v) is 8.89. The van der Waals surface area contributed by atoms with Gasteiger partial charge in [-0.05, 0) is 60.7 Å². The molecule has 2 N–H and O–H groups in total. The minimum atomic E-state index is -0.401. The van der Waals surface area contributed by atoms with Gasteiger partial charge in [0.2, 0.25) is 5.91 Å². The lowest BCUT2D eigenvalue weighted by atomic mass is 9.54. The number of hydrogen-bond donors (Lipinski definition) is 2. The minimum Gasteiger partial charge on any atom is -0.508 e. The Kier molecular flexibility index (Phi) is 7.54. The van der Waals surface area contributed by atoms with Gasteiger partial charge in [-0.2, -0.15) is 0 Å². The molecule has 1 heterocycles. The number of phenolic OH excluding ortho intramolecular Hbond substituents is 1. The van der Waals surface area contributed by atoms with Crippen molar-refractivity contribution in [1.82, 2.24) is 5.32 Å². The molecule has 35 heavy (non-hydrogen) atoms. The van der Waals surface area contributed by atoms with Gasteiger partial charge in [0.25, 0.3) is 0 Å². The van der Waals surface area contributed by atoms with Crippen LogP contribution in [0.5, 0.6) is 5.75 Å². The highest BCUT2D eigenvalue weighted by atomic mass is 35.5. The highest BCUT2D eigenvalue weighted by molar-refractivity contribution is 6.42. The van der Waals surface area contributed by atoms with E-state index < -0.39 is 5.60 Å². The fourth-order valence-electron chi connectivity index (χ4n) is 6.47. The average molecular weight is 519 g/mol. The summed E-state index contributed by atoms with van der Waals surface area (Å²) in [4.78, 5) is 13.0. The van der Waals surface area contributed by atoms with Gasteiger partial charge in [0.15, 0.2) is 0 Å². The number of piperidine rings is 1. The summed E-state index contributed by atoms with van der Waals surface area (Å²) in [5.41, 5.74) is 1.19. The number of ether oxygens (including phenoxy) is 1. The number of hydrogen-bond acceptors (Lipinski definition) is 3. The molecule has 1 unspecified atom stereocenters. The Morgan fingerprint density at radius 3 is 2.74 bits per heavy atom. The Morgan fingerprint density at radius 1 is 1.26 bits per heavy atom. The highest BCUT2D eigenvalue weighted by Gasteiger charge is 2.62. The normalized spacial score (nSPS) is 30.3. The number of fused-ring (bicyclic) bond motifs is 1. The van der Waals surface area contributed by atoms with Crippen LogP contribution in [0.4, 0.5) is 0 Å². The molecule has 7 heteroatoms. The first kappa shape index (κ1) is 26.0. The van der Waals surface area contributed by atoms with E-state index >= 15 is 0 Å². The van der Waals surface area contributed by atoms with Crippen LogP contribution in [0, 0.1) is 0 Å². The van der Waals surface area contributed by atoms with Crippen molar-refractivity contribution in [3.05, 3.63) is 76.3 Å². The van der Waals surface area contributed by atoms with Crippen molar-refractivity contribution < 1.29 is 19.1 Å². The SMILES string of the molecule is C=CC[N@@+]1(C)CC[C@@]2(c3cccc(O)c3)C[C@H](NC(=O)Cc3ccc(Cl)c(Cl)c3)CCC2(OC)C1. The van der Waals surface area contributed by atoms with Crippen molar-refractivity contribution >= 4 is 29.1 Å². The molecule has 2 aliphatic rings. The van der Waals surface area contributed by atoms with E-state index in [4.69, 9.17) is 27.9 Å².